The van der Waals surface area contributed by atoms with Crippen molar-refractivity contribution in [2.45, 2.75) is 51.6 Å². The Bertz CT molecular complexity index is 460. The highest BCUT2D eigenvalue weighted by atomic mass is 32.2. The maximum atomic E-state index is 12.3. The Morgan fingerprint density at radius 1 is 1.32 bits per heavy atom. The predicted octanol–water partition coefficient (Wildman–Crippen LogP) is 1.12. The summed E-state index contributed by atoms with van der Waals surface area (Å²) in [5.74, 6) is -0.0780. The van der Waals surface area contributed by atoms with E-state index < -0.39 is 10.0 Å². The van der Waals surface area contributed by atoms with E-state index in [1.165, 1.54) is 4.31 Å². The maximum absolute atomic E-state index is 12.3. The lowest BCUT2D eigenvalue weighted by Gasteiger charge is -2.31. The van der Waals surface area contributed by atoms with Crippen molar-refractivity contribution >= 4 is 15.9 Å². The number of sulfonamides is 1. The molecule has 128 valence electrons. The fourth-order valence-electron chi connectivity index (χ4n) is 3.03. The van der Waals surface area contributed by atoms with Crippen LogP contribution in [0.1, 0.15) is 45.4 Å². The van der Waals surface area contributed by atoms with Crippen molar-refractivity contribution in [1.82, 2.24) is 9.62 Å². The highest BCUT2D eigenvalue weighted by Crippen LogP contribution is 2.20. The number of nitrogens with one attached hydrogen (secondary N) is 1. The van der Waals surface area contributed by atoms with Gasteiger partial charge in [0.15, 0.2) is 0 Å². The summed E-state index contributed by atoms with van der Waals surface area (Å²) in [7, 11) is -3.21. The smallest absolute Gasteiger partial charge is 0.224 e. The molecule has 2 atom stereocenters. The van der Waals surface area contributed by atoms with E-state index in [4.69, 9.17) is 4.74 Å². The van der Waals surface area contributed by atoms with Crippen LogP contribution in [0.4, 0.5) is 0 Å². The van der Waals surface area contributed by atoms with Crippen LogP contribution in [0.5, 0.6) is 0 Å². The van der Waals surface area contributed by atoms with Crippen LogP contribution >= 0.6 is 0 Å². The molecule has 2 saturated heterocycles. The SMILES string of the molecule is CCCCS(=O)(=O)N1CCC[C@@H](C(=O)NC[C@@H]2CCCO2)C1. The normalized spacial score (nSPS) is 27.0. The molecule has 0 aliphatic carbocycles. The zero-order chi connectivity index (χ0) is 16.0. The minimum Gasteiger partial charge on any atom is -0.376 e. The van der Waals surface area contributed by atoms with Gasteiger partial charge in [0, 0.05) is 26.2 Å². The number of rotatable bonds is 7. The van der Waals surface area contributed by atoms with Gasteiger partial charge >= 0.3 is 0 Å². The second-order valence-corrected chi connectivity index (χ2v) is 8.34. The number of carbonyl (C=O) groups is 1. The number of amides is 1. The second-order valence-electron chi connectivity index (χ2n) is 6.25. The molecule has 0 aromatic heterocycles. The third-order valence-corrected chi connectivity index (χ3v) is 6.36. The van der Waals surface area contributed by atoms with E-state index in [9.17, 15) is 13.2 Å². The van der Waals surface area contributed by atoms with Gasteiger partial charge in [-0.3, -0.25) is 4.79 Å². The molecule has 0 unspecified atom stereocenters. The number of unbranched alkanes of at least 4 members (excludes halogenated alkanes) is 1. The second kappa shape index (κ2) is 8.26. The van der Waals surface area contributed by atoms with Crippen molar-refractivity contribution in [3.63, 3.8) is 0 Å². The molecule has 1 N–H and O–H groups in total. The van der Waals surface area contributed by atoms with E-state index in [1.54, 1.807) is 0 Å². The molecule has 0 aromatic rings. The summed E-state index contributed by atoms with van der Waals surface area (Å²) in [6.07, 6.45) is 5.21. The Kier molecular flexibility index (Phi) is 6.65. The summed E-state index contributed by atoms with van der Waals surface area (Å²) in [5.41, 5.74) is 0. The lowest BCUT2D eigenvalue weighted by molar-refractivity contribution is -0.126. The van der Waals surface area contributed by atoms with Crippen LogP contribution in [0.2, 0.25) is 0 Å². The number of piperidine rings is 1. The first-order valence-corrected chi connectivity index (χ1v) is 10.0. The van der Waals surface area contributed by atoms with Crippen molar-refractivity contribution in [2.24, 2.45) is 5.92 Å². The highest BCUT2D eigenvalue weighted by molar-refractivity contribution is 7.89. The predicted molar refractivity (Wildman–Crippen MR) is 85.0 cm³/mol. The molecule has 2 heterocycles. The lowest BCUT2D eigenvalue weighted by atomic mass is 9.99. The minimum absolute atomic E-state index is 0.0362. The molecule has 22 heavy (non-hydrogen) atoms. The standard InChI is InChI=1S/C15H28N2O4S/c1-2-3-10-22(19,20)17-8-4-6-13(12-17)15(18)16-11-14-7-5-9-21-14/h13-14H,2-12H2,1H3,(H,16,18)/t13-,14+/m1/s1. The molecule has 2 rings (SSSR count). The molecule has 2 aliphatic rings. The summed E-state index contributed by atoms with van der Waals surface area (Å²) in [6.45, 7) is 4.16. The van der Waals surface area contributed by atoms with E-state index in [-0.39, 0.29) is 23.7 Å². The molecule has 0 spiro atoms. The molecule has 0 saturated carbocycles. The Hall–Kier alpha value is -0.660. The van der Waals surface area contributed by atoms with E-state index in [0.717, 1.165) is 38.7 Å². The van der Waals surface area contributed by atoms with Gasteiger partial charge < -0.3 is 10.1 Å². The van der Waals surface area contributed by atoms with Crippen molar-refractivity contribution in [1.29, 1.82) is 0 Å². The van der Waals surface area contributed by atoms with Crippen LogP contribution in [0.3, 0.4) is 0 Å². The van der Waals surface area contributed by atoms with Crippen molar-refractivity contribution in [3.8, 4) is 0 Å². The van der Waals surface area contributed by atoms with Gasteiger partial charge in [0.2, 0.25) is 15.9 Å². The molecule has 2 fully saturated rings. The Labute approximate surface area is 133 Å². The fourth-order valence-corrected chi connectivity index (χ4v) is 4.76. The van der Waals surface area contributed by atoms with Crippen LogP contribution in [0.25, 0.3) is 0 Å². The van der Waals surface area contributed by atoms with Crippen molar-refractivity contribution in [2.75, 3.05) is 32.0 Å². The average molecular weight is 332 g/mol. The summed E-state index contributed by atoms with van der Waals surface area (Å²) in [6, 6.07) is 0. The molecule has 0 bridgehead atoms. The van der Waals surface area contributed by atoms with Crippen LogP contribution in [-0.4, -0.2) is 56.7 Å². The maximum Gasteiger partial charge on any atom is 0.224 e. The van der Waals surface area contributed by atoms with E-state index >= 15 is 0 Å². The van der Waals surface area contributed by atoms with E-state index in [1.807, 2.05) is 6.92 Å². The molecule has 2 aliphatic heterocycles. The van der Waals surface area contributed by atoms with Gasteiger partial charge in [-0.25, -0.2) is 12.7 Å². The minimum atomic E-state index is -3.21. The zero-order valence-corrected chi connectivity index (χ0v) is 14.2. The van der Waals surface area contributed by atoms with Gasteiger partial charge in [-0.05, 0) is 32.1 Å². The highest BCUT2D eigenvalue weighted by Gasteiger charge is 2.32. The molecule has 0 aromatic carbocycles. The summed E-state index contributed by atoms with van der Waals surface area (Å²) < 4.78 is 31.5. The quantitative estimate of drug-likeness (QED) is 0.758. The number of hydrogen-bond donors (Lipinski definition) is 1. The van der Waals surface area contributed by atoms with Crippen LogP contribution < -0.4 is 5.32 Å². The zero-order valence-electron chi connectivity index (χ0n) is 13.4. The van der Waals surface area contributed by atoms with E-state index in [0.29, 0.717) is 26.1 Å². The van der Waals surface area contributed by atoms with Crippen molar-refractivity contribution < 1.29 is 17.9 Å². The summed E-state index contributed by atoms with van der Waals surface area (Å²) in [5, 5.41) is 2.92. The monoisotopic (exact) mass is 332 g/mol. The molecule has 1 amide bonds. The van der Waals surface area contributed by atoms with Gasteiger partial charge in [-0.15, -0.1) is 0 Å². The molecule has 0 radical (unpaired) electrons. The fraction of sp³-hybridized carbons (Fsp3) is 0.933. The van der Waals surface area contributed by atoms with Gasteiger partial charge in [0.25, 0.3) is 0 Å². The molecule has 7 heteroatoms. The average Bonchev–Trinajstić information content (AvgIpc) is 3.04. The van der Waals surface area contributed by atoms with Gasteiger partial charge in [0.05, 0.1) is 17.8 Å². The molecule has 6 nitrogen and oxygen atoms in total. The first-order chi connectivity index (χ1) is 10.5. The lowest BCUT2D eigenvalue weighted by Crippen LogP contribution is -2.47. The third-order valence-electron chi connectivity index (χ3n) is 4.43. The first kappa shape index (κ1) is 17.7. The van der Waals surface area contributed by atoms with Crippen LogP contribution in [-0.2, 0) is 19.6 Å². The number of nitrogens with zero attached hydrogens (tertiary/aromatic N) is 1. The molecular formula is C15H28N2O4S. The Morgan fingerprint density at radius 3 is 2.82 bits per heavy atom. The van der Waals surface area contributed by atoms with Crippen LogP contribution in [0, 0.1) is 5.92 Å². The van der Waals surface area contributed by atoms with Crippen molar-refractivity contribution in [3.05, 3.63) is 0 Å². The van der Waals surface area contributed by atoms with Gasteiger partial charge in [-0.2, -0.15) is 0 Å². The Morgan fingerprint density at radius 2 is 2.14 bits per heavy atom. The summed E-state index contributed by atoms with van der Waals surface area (Å²) in [4.78, 5) is 12.3. The number of ether oxygens (including phenoxy) is 1. The molecular weight excluding hydrogens is 304 g/mol. The summed E-state index contributed by atoms with van der Waals surface area (Å²) >= 11 is 0. The largest absolute Gasteiger partial charge is 0.376 e. The van der Waals surface area contributed by atoms with E-state index in [2.05, 4.69) is 5.32 Å². The number of carbonyl (C=O) groups excluding carboxylic acids is 1. The van der Waals surface area contributed by atoms with Crippen LogP contribution in [0.15, 0.2) is 0 Å². The third kappa shape index (κ3) is 4.93. The number of hydrogen-bond acceptors (Lipinski definition) is 4. The topological polar surface area (TPSA) is 75.7 Å². The van der Waals surface area contributed by atoms with Gasteiger partial charge in [-0.1, -0.05) is 13.3 Å². The first-order valence-electron chi connectivity index (χ1n) is 8.40. The Balaban J connectivity index is 1.82. The van der Waals surface area contributed by atoms with Gasteiger partial charge in [0.1, 0.15) is 0 Å².